The highest BCUT2D eigenvalue weighted by molar-refractivity contribution is 14.0. The summed E-state index contributed by atoms with van der Waals surface area (Å²) >= 11 is 0. The smallest absolute Gasteiger partial charge is 0.351 e. The average Bonchev–Trinajstić information content (AvgIpc) is 3.20. The van der Waals surface area contributed by atoms with Gasteiger partial charge < -0.3 is 10.6 Å². The molecule has 0 saturated carbocycles. The number of alkyl halides is 3. The van der Waals surface area contributed by atoms with Crippen molar-refractivity contribution in [3.05, 3.63) is 47.7 Å². The Bertz CT molecular complexity index is 931. The molecule has 0 aromatic carbocycles. The molecule has 27 heavy (non-hydrogen) atoms. The standard InChI is InChI=1S/C15H17F3N8.HI/c1-19-14(20-7-11-5-6-22-25(11)2)21-8-13-24-23-12-4-3-10(9-26(12)13)15(16,17)18;/h3-6,9H,7-8H2,1-2H3,(H2,19,20,21);1H. The summed E-state index contributed by atoms with van der Waals surface area (Å²) in [6, 6.07) is 4.13. The van der Waals surface area contributed by atoms with Crippen molar-refractivity contribution in [2.24, 2.45) is 12.0 Å². The van der Waals surface area contributed by atoms with Crippen molar-refractivity contribution in [1.82, 2.24) is 35.0 Å². The molecule has 3 rings (SSSR count). The summed E-state index contributed by atoms with van der Waals surface area (Å²) in [5.74, 6) is 0.824. The Morgan fingerprint density at radius 2 is 1.89 bits per heavy atom. The minimum atomic E-state index is -4.43. The summed E-state index contributed by atoms with van der Waals surface area (Å²) in [6.45, 7) is 0.655. The number of aliphatic imine (C=N–C) groups is 1. The Morgan fingerprint density at radius 3 is 2.52 bits per heavy atom. The number of fused-ring (bicyclic) bond motifs is 1. The molecule has 3 aromatic rings. The van der Waals surface area contributed by atoms with Gasteiger partial charge in [0.2, 0.25) is 0 Å². The highest BCUT2D eigenvalue weighted by Crippen LogP contribution is 2.29. The maximum atomic E-state index is 12.9. The van der Waals surface area contributed by atoms with Gasteiger partial charge in [0, 0.05) is 26.5 Å². The molecule has 3 aromatic heterocycles. The highest BCUT2D eigenvalue weighted by Gasteiger charge is 2.31. The van der Waals surface area contributed by atoms with Gasteiger partial charge in [-0.15, -0.1) is 34.2 Å². The van der Waals surface area contributed by atoms with Crippen LogP contribution in [0.5, 0.6) is 0 Å². The molecule has 8 nitrogen and oxygen atoms in total. The molecule has 0 bridgehead atoms. The second-order valence-electron chi connectivity index (χ2n) is 5.49. The first-order valence-electron chi connectivity index (χ1n) is 7.70. The number of nitrogens with zero attached hydrogens (tertiary/aromatic N) is 6. The molecule has 0 radical (unpaired) electrons. The van der Waals surface area contributed by atoms with E-state index in [0.29, 0.717) is 24.0 Å². The molecule has 0 aliphatic rings. The minimum absolute atomic E-state index is 0. The molecule has 0 aliphatic heterocycles. The van der Waals surface area contributed by atoms with Crippen LogP contribution in [0.4, 0.5) is 13.2 Å². The number of halogens is 4. The van der Waals surface area contributed by atoms with Crippen LogP contribution in [0.2, 0.25) is 0 Å². The lowest BCUT2D eigenvalue weighted by atomic mass is 10.3. The number of aryl methyl sites for hydroxylation is 1. The fourth-order valence-electron chi connectivity index (χ4n) is 2.36. The predicted octanol–water partition coefficient (Wildman–Crippen LogP) is 1.96. The lowest BCUT2D eigenvalue weighted by molar-refractivity contribution is -0.137. The second kappa shape index (κ2) is 8.54. The second-order valence-corrected chi connectivity index (χ2v) is 5.49. The maximum Gasteiger partial charge on any atom is 0.417 e. The normalized spacial score (nSPS) is 12.1. The minimum Gasteiger partial charge on any atom is -0.351 e. The van der Waals surface area contributed by atoms with Crippen molar-refractivity contribution in [3.8, 4) is 0 Å². The van der Waals surface area contributed by atoms with Gasteiger partial charge in [0.05, 0.1) is 24.3 Å². The fourth-order valence-corrected chi connectivity index (χ4v) is 2.36. The van der Waals surface area contributed by atoms with Crippen molar-refractivity contribution in [1.29, 1.82) is 0 Å². The number of rotatable bonds is 4. The molecule has 0 aliphatic carbocycles. The van der Waals surface area contributed by atoms with Crippen LogP contribution in [0.1, 0.15) is 17.1 Å². The molecular weight excluding hydrogens is 476 g/mol. The molecule has 2 N–H and O–H groups in total. The van der Waals surface area contributed by atoms with Crippen LogP contribution in [0.3, 0.4) is 0 Å². The van der Waals surface area contributed by atoms with E-state index in [1.165, 1.54) is 10.5 Å². The van der Waals surface area contributed by atoms with Gasteiger partial charge >= 0.3 is 6.18 Å². The summed E-state index contributed by atoms with van der Waals surface area (Å²) < 4.78 is 41.7. The quantitative estimate of drug-likeness (QED) is 0.329. The summed E-state index contributed by atoms with van der Waals surface area (Å²) in [5, 5.41) is 18.0. The van der Waals surface area contributed by atoms with Crippen LogP contribution in [0, 0.1) is 0 Å². The molecular formula is C15H18F3IN8. The highest BCUT2D eigenvalue weighted by atomic mass is 127. The monoisotopic (exact) mass is 494 g/mol. The number of hydrogen-bond acceptors (Lipinski definition) is 4. The van der Waals surface area contributed by atoms with Crippen LogP contribution in [-0.4, -0.2) is 37.4 Å². The third kappa shape index (κ3) is 4.87. The number of guanidine groups is 1. The van der Waals surface area contributed by atoms with E-state index in [0.717, 1.165) is 18.0 Å². The van der Waals surface area contributed by atoms with E-state index in [1.807, 2.05) is 13.1 Å². The summed E-state index contributed by atoms with van der Waals surface area (Å²) in [4.78, 5) is 4.08. The van der Waals surface area contributed by atoms with E-state index in [4.69, 9.17) is 0 Å². The molecule has 3 heterocycles. The first-order chi connectivity index (χ1) is 12.4. The third-order valence-corrected chi connectivity index (χ3v) is 3.80. The van der Waals surface area contributed by atoms with Gasteiger partial charge in [-0.1, -0.05) is 0 Å². The molecule has 12 heteroatoms. The first-order valence-corrected chi connectivity index (χ1v) is 7.70. The maximum absolute atomic E-state index is 12.9. The number of pyridine rings is 1. The first kappa shape index (κ1) is 20.9. The van der Waals surface area contributed by atoms with Gasteiger partial charge in [-0.3, -0.25) is 14.1 Å². The molecule has 146 valence electrons. The van der Waals surface area contributed by atoms with Crippen LogP contribution >= 0.6 is 24.0 Å². The van der Waals surface area contributed by atoms with Crippen molar-refractivity contribution < 1.29 is 13.2 Å². The zero-order chi connectivity index (χ0) is 18.7. The lowest BCUT2D eigenvalue weighted by Gasteiger charge is -2.12. The van der Waals surface area contributed by atoms with E-state index in [-0.39, 0.29) is 30.5 Å². The Labute approximate surface area is 169 Å². The summed E-state index contributed by atoms with van der Waals surface area (Å²) in [7, 11) is 3.43. The average molecular weight is 494 g/mol. The topological polar surface area (TPSA) is 84.4 Å². The van der Waals surface area contributed by atoms with Gasteiger partial charge in [-0.25, -0.2) is 0 Å². The number of aromatic nitrogens is 5. The zero-order valence-electron chi connectivity index (χ0n) is 14.5. The van der Waals surface area contributed by atoms with Crippen molar-refractivity contribution in [2.45, 2.75) is 19.3 Å². The Kier molecular flexibility index (Phi) is 6.62. The largest absolute Gasteiger partial charge is 0.417 e. The van der Waals surface area contributed by atoms with Crippen LogP contribution in [0.25, 0.3) is 5.65 Å². The molecule has 0 amide bonds. The van der Waals surface area contributed by atoms with Crippen molar-refractivity contribution >= 4 is 35.6 Å². The Morgan fingerprint density at radius 1 is 1.15 bits per heavy atom. The Hall–Kier alpha value is -2.38. The molecule has 0 saturated heterocycles. The van der Waals surface area contributed by atoms with E-state index < -0.39 is 11.7 Å². The van der Waals surface area contributed by atoms with Crippen LogP contribution < -0.4 is 10.6 Å². The predicted molar refractivity (Wildman–Crippen MR) is 104 cm³/mol. The lowest BCUT2D eigenvalue weighted by Crippen LogP contribution is -2.37. The van der Waals surface area contributed by atoms with Crippen molar-refractivity contribution in [3.63, 3.8) is 0 Å². The fraction of sp³-hybridized carbons (Fsp3) is 0.333. The molecule has 0 unspecified atom stereocenters. The van der Waals surface area contributed by atoms with Crippen LogP contribution in [-0.2, 0) is 26.3 Å². The van der Waals surface area contributed by atoms with Crippen LogP contribution in [0.15, 0.2) is 35.6 Å². The molecule has 0 atom stereocenters. The van der Waals surface area contributed by atoms with E-state index >= 15 is 0 Å². The summed E-state index contributed by atoms with van der Waals surface area (Å²) in [5.41, 5.74) is 0.535. The van der Waals surface area contributed by atoms with Gasteiger partial charge in [0.15, 0.2) is 17.4 Å². The SMILES string of the molecule is CN=C(NCc1ccnn1C)NCc1nnc2ccc(C(F)(F)F)cn12.I. The van der Waals surface area contributed by atoms with E-state index in [9.17, 15) is 13.2 Å². The number of hydrogen-bond donors (Lipinski definition) is 2. The third-order valence-electron chi connectivity index (χ3n) is 3.80. The van der Waals surface area contributed by atoms with Gasteiger partial charge in [-0.2, -0.15) is 18.3 Å². The zero-order valence-corrected chi connectivity index (χ0v) is 16.9. The summed E-state index contributed by atoms with van der Waals surface area (Å²) in [6.07, 6.45) is -1.75. The van der Waals surface area contributed by atoms with Crippen molar-refractivity contribution in [2.75, 3.05) is 7.05 Å². The molecule has 0 spiro atoms. The van der Waals surface area contributed by atoms with Gasteiger partial charge in [-0.05, 0) is 18.2 Å². The van der Waals surface area contributed by atoms with Gasteiger partial charge in [0.25, 0.3) is 0 Å². The van der Waals surface area contributed by atoms with E-state index in [2.05, 4.69) is 30.9 Å². The Balaban J connectivity index is 0.00000261. The number of nitrogens with one attached hydrogen (secondary N) is 2. The van der Waals surface area contributed by atoms with E-state index in [1.54, 1.807) is 17.9 Å². The van der Waals surface area contributed by atoms with Gasteiger partial charge in [0.1, 0.15) is 0 Å². The molecule has 0 fully saturated rings.